The molecule has 1 aliphatic rings. The number of hydrogen-bond donors (Lipinski definition) is 0. The van der Waals surface area contributed by atoms with E-state index in [1.807, 2.05) is 6.92 Å². The second kappa shape index (κ2) is 6.39. The van der Waals surface area contributed by atoms with Gasteiger partial charge in [-0.15, -0.1) is 0 Å². The molecule has 114 valence electrons. The summed E-state index contributed by atoms with van der Waals surface area (Å²) >= 11 is 0. The number of aryl methyl sites for hydroxylation is 1. The van der Waals surface area contributed by atoms with Gasteiger partial charge in [0.25, 0.3) is 5.71 Å². The summed E-state index contributed by atoms with van der Waals surface area (Å²) in [7, 11) is 1.76. The Morgan fingerprint density at radius 1 is 1.43 bits per heavy atom. The van der Waals surface area contributed by atoms with Gasteiger partial charge in [-0.1, -0.05) is 5.16 Å². The van der Waals surface area contributed by atoms with E-state index in [0.29, 0.717) is 11.6 Å². The minimum absolute atomic E-state index is 0.582. The summed E-state index contributed by atoms with van der Waals surface area (Å²) in [5.41, 5.74) is 1.45. The van der Waals surface area contributed by atoms with Crippen molar-refractivity contribution in [1.29, 1.82) is 0 Å². The normalized spacial score (nSPS) is 19.3. The van der Waals surface area contributed by atoms with Crippen molar-refractivity contribution >= 4 is 16.9 Å². The van der Waals surface area contributed by atoms with Crippen molar-refractivity contribution in [3.05, 3.63) is 12.0 Å². The van der Waals surface area contributed by atoms with Gasteiger partial charge in [0.15, 0.2) is 0 Å². The topological polar surface area (TPSA) is 64.3 Å². The van der Waals surface area contributed by atoms with Crippen LogP contribution in [0.5, 0.6) is 0 Å². The van der Waals surface area contributed by atoms with Gasteiger partial charge in [-0.05, 0) is 38.5 Å². The SMILES string of the molecule is COCCC[C@@H]1CCCN(c2ncnc3onc(C)c23)C1. The molecule has 1 atom stereocenters. The van der Waals surface area contributed by atoms with Crippen LogP contribution in [0, 0.1) is 12.8 Å². The molecule has 0 unspecified atom stereocenters. The van der Waals surface area contributed by atoms with E-state index in [9.17, 15) is 0 Å². The summed E-state index contributed by atoms with van der Waals surface area (Å²) in [6.07, 6.45) is 6.39. The third kappa shape index (κ3) is 3.00. The van der Waals surface area contributed by atoms with Crippen LogP contribution in [-0.2, 0) is 4.74 Å². The van der Waals surface area contributed by atoms with Crippen molar-refractivity contribution in [1.82, 2.24) is 15.1 Å². The van der Waals surface area contributed by atoms with Gasteiger partial charge < -0.3 is 14.2 Å². The molecule has 1 fully saturated rings. The first kappa shape index (κ1) is 14.3. The third-order valence-electron chi connectivity index (χ3n) is 4.20. The van der Waals surface area contributed by atoms with Crippen LogP contribution in [0.25, 0.3) is 11.1 Å². The molecule has 0 amide bonds. The minimum atomic E-state index is 0.582. The molecule has 1 aliphatic heterocycles. The van der Waals surface area contributed by atoms with E-state index in [0.717, 1.165) is 43.0 Å². The molecule has 0 bridgehead atoms. The van der Waals surface area contributed by atoms with Gasteiger partial charge in [0.05, 0.1) is 5.69 Å². The smallest absolute Gasteiger partial charge is 0.263 e. The second-order valence-electron chi connectivity index (χ2n) is 5.73. The van der Waals surface area contributed by atoms with E-state index in [4.69, 9.17) is 9.26 Å². The highest BCUT2D eigenvalue weighted by molar-refractivity contribution is 5.87. The molecule has 2 aromatic heterocycles. The molecular weight excluding hydrogens is 268 g/mol. The van der Waals surface area contributed by atoms with Crippen molar-refractivity contribution in [3.8, 4) is 0 Å². The fourth-order valence-electron chi connectivity index (χ4n) is 3.15. The average Bonchev–Trinajstić information content (AvgIpc) is 2.90. The van der Waals surface area contributed by atoms with Crippen LogP contribution in [0.4, 0.5) is 5.82 Å². The predicted molar refractivity (Wildman–Crippen MR) is 80.4 cm³/mol. The first-order valence-electron chi connectivity index (χ1n) is 7.60. The summed E-state index contributed by atoms with van der Waals surface area (Å²) in [6, 6.07) is 0. The first-order valence-corrected chi connectivity index (χ1v) is 7.60. The number of hydrogen-bond acceptors (Lipinski definition) is 6. The Labute approximate surface area is 124 Å². The molecule has 0 aliphatic carbocycles. The Bertz CT molecular complexity index is 598. The molecule has 2 aromatic rings. The highest BCUT2D eigenvalue weighted by Crippen LogP contribution is 2.30. The van der Waals surface area contributed by atoms with Crippen LogP contribution >= 0.6 is 0 Å². The summed E-state index contributed by atoms with van der Waals surface area (Å²) in [5.74, 6) is 1.68. The largest absolute Gasteiger partial charge is 0.385 e. The van der Waals surface area contributed by atoms with Gasteiger partial charge in [0.1, 0.15) is 17.5 Å². The number of fused-ring (bicyclic) bond motifs is 1. The monoisotopic (exact) mass is 290 g/mol. The van der Waals surface area contributed by atoms with Gasteiger partial charge >= 0.3 is 0 Å². The maximum absolute atomic E-state index is 5.24. The van der Waals surface area contributed by atoms with E-state index >= 15 is 0 Å². The lowest BCUT2D eigenvalue weighted by molar-refractivity contribution is 0.184. The molecule has 0 aromatic carbocycles. The Hall–Kier alpha value is -1.69. The lowest BCUT2D eigenvalue weighted by Crippen LogP contribution is -2.36. The molecule has 21 heavy (non-hydrogen) atoms. The highest BCUT2D eigenvalue weighted by atomic mass is 16.5. The Balaban J connectivity index is 1.77. The van der Waals surface area contributed by atoms with Crippen molar-refractivity contribution < 1.29 is 9.26 Å². The maximum Gasteiger partial charge on any atom is 0.263 e. The Morgan fingerprint density at radius 3 is 3.19 bits per heavy atom. The Morgan fingerprint density at radius 2 is 2.33 bits per heavy atom. The van der Waals surface area contributed by atoms with Gasteiger partial charge in [0.2, 0.25) is 0 Å². The number of piperidine rings is 1. The molecule has 0 radical (unpaired) electrons. The van der Waals surface area contributed by atoms with Crippen molar-refractivity contribution in [3.63, 3.8) is 0 Å². The fourth-order valence-corrected chi connectivity index (χ4v) is 3.15. The predicted octanol–water partition coefficient (Wildman–Crippen LogP) is 2.57. The van der Waals surface area contributed by atoms with Crippen LogP contribution < -0.4 is 4.90 Å². The molecule has 6 nitrogen and oxygen atoms in total. The number of methoxy groups -OCH3 is 1. The lowest BCUT2D eigenvalue weighted by atomic mass is 9.93. The van der Waals surface area contributed by atoms with E-state index < -0.39 is 0 Å². The number of rotatable bonds is 5. The van der Waals surface area contributed by atoms with Crippen LogP contribution in [0.2, 0.25) is 0 Å². The van der Waals surface area contributed by atoms with E-state index in [1.54, 1.807) is 13.4 Å². The fraction of sp³-hybridized carbons (Fsp3) is 0.667. The summed E-state index contributed by atoms with van der Waals surface area (Å²) in [6.45, 7) is 4.87. The van der Waals surface area contributed by atoms with E-state index in [-0.39, 0.29) is 0 Å². The highest BCUT2D eigenvalue weighted by Gasteiger charge is 2.24. The molecule has 0 spiro atoms. The molecule has 0 saturated carbocycles. The van der Waals surface area contributed by atoms with Crippen molar-refractivity contribution in [2.45, 2.75) is 32.6 Å². The second-order valence-corrected chi connectivity index (χ2v) is 5.73. The molecule has 3 heterocycles. The standard InChI is InChI=1S/C15H22N4O2/c1-11-13-14(16-10-17-15(13)21-18-11)19-7-3-5-12(9-19)6-4-8-20-2/h10,12H,3-9H2,1-2H3/t12-/m0/s1. The zero-order valence-corrected chi connectivity index (χ0v) is 12.7. The van der Waals surface area contributed by atoms with Crippen LogP contribution in [-0.4, -0.2) is 41.9 Å². The molecule has 3 rings (SSSR count). The number of ether oxygens (including phenoxy) is 1. The average molecular weight is 290 g/mol. The van der Waals surface area contributed by atoms with E-state index in [2.05, 4.69) is 20.0 Å². The quantitative estimate of drug-likeness (QED) is 0.789. The first-order chi connectivity index (χ1) is 10.3. The molecule has 0 N–H and O–H groups in total. The maximum atomic E-state index is 5.24. The van der Waals surface area contributed by atoms with Crippen LogP contribution in [0.3, 0.4) is 0 Å². The molecule has 6 heteroatoms. The number of aromatic nitrogens is 3. The Kier molecular flexibility index (Phi) is 4.34. The van der Waals surface area contributed by atoms with Crippen LogP contribution in [0.1, 0.15) is 31.4 Å². The van der Waals surface area contributed by atoms with Gasteiger partial charge in [-0.3, -0.25) is 0 Å². The van der Waals surface area contributed by atoms with Crippen molar-refractivity contribution in [2.24, 2.45) is 5.92 Å². The third-order valence-corrected chi connectivity index (χ3v) is 4.20. The zero-order valence-electron chi connectivity index (χ0n) is 12.7. The number of nitrogens with zero attached hydrogens (tertiary/aromatic N) is 4. The summed E-state index contributed by atoms with van der Waals surface area (Å²) in [4.78, 5) is 11.0. The van der Waals surface area contributed by atoms with Gasteiger partial charge in [-0.2, -0.15) is 4.98 Å². The van der Waals surface area contributed by atoms with E-state index in [1.165, 1.54) is 19.3 Å². The van der Waals surface area contributed by atoms with Crippen LogP contribution in [0.15, 0.2) is 10.9 Å². The van der Waals surface area contributed by atoms with Crippen molar-refractivity contribution in [2.75, 3.05) is 31.7 Å². The summed E-state index contributed by atoms with van der Waals surface area (Å²) in [5, 5.41) is 4.96. The van der Waals surface area contributed by atoms with Gasteiger partial charge in [-0.25, -0.2) is 4.98 Å². The minimum Gasteiger partial charge on any atom is -0.385 e. The number of anilines is 1. The summed E-state index contributed by atoms with van der Waals surface area (Å²) < 4.78 is 10.4. The van der Waals surface area contributed by atoms with Gasteiger partial charge in [0, 0.05) is 26.8 Å². The molecule has 1 saturated heterocycles. The molecular formula is C15H22N4O2. The zero-order chi connectivity index (χ0) is 14.7. The lowest BCUT2D eigenvalue weighted by Gasteiger charge is -2.33.